The van der Waals surface area contributed by atoms with E-state index in [4.69, 9.17) is 4.74 Å². The zero-order chi connectivity index (χ0) is 19.6. The molecule has 1 aromatic rings. The summed E-state index contributed by atoms with van der Waals surface area (Å²) in [7, 11) is 1.33. The smallest absolute Gasteiger partial charge is 0.393 e. The van der Waals surface area contributed by atoms with E-state index in [1.54, 1.807) is 0 Å². The van der Waals surface area contributed by atoms with Gasteiger partial charge in [-0.25, -0.2) is 4.39 Å². The van der Waals surface area contributed by atoms with Gasteiger partial charge >= 0.3 is 6.18 Å². The van der Waals surface area contributed by atoms with Crippen molar-refractivity contribution >= 4 is 11.7 Å². The zero-order valence-electron chi connectivity index (χ0n) is 14.8. The summed E-state index contributed by atoms with van der Waals surface area (Å²) in [6.45, 7) is 0.789. The monoisotopic (exact) mass is 390 g/mol. The quantitative estimate of drug-likeness (QED) is 0.651. The van der Waals surface area contributed by atoms with E-state index in [0.29, 0.717) is 12.0 Å². The van der Waals surface area contributed by atoms with Gasteiger partial charge in [0, 0.05) is 18.2 Å². The first-order chi connectivity index (χ1) is 12.8. The van der Waals surface area contributed by atoms with Crippen LogP contribution in [0.2, 0.25) is 0 Å². The Hall–Kier alpha value is -2.10. The van der Waals surface area contributed by atoms with Crippen LogP contribution < -0.4 is 20.7 Å². The topological polar surface area (TPSA) is 75.3 Å². The normalized spacial score (nSPS) is 25.0. The molecule has 0 aromatic carbocycles. The Morgan fingerprint density at radius 1 is 1.37 bits per heavy atom. The summed E-state index contributed by atoms with van der Waals surface area (Å²) < 4.78 is 58.0. The van der Waals surface area contributed by atoms with Crippen LogP contribution in [0.25, 0.3) is 0 Å². The molecule has 1 saturated carbocycles. The van der Waals surface area contributed by atoms with Gasteiger partial charge < -0.3 is 20.7 Å². The van der Waals surface area contributed by atoms with E-state index in [-0.39, 0.29) is 36.6 Å². The number of amides is 1. The minimum absolute atomic E-state index is 0.0129. The lowest BCUT2D eigenvalue weighted by Gasteiger charge is -2.38. The number of alkyl halides is 3. The Balaban J connectivity index is 1.66. The minimum atomic E-state index is -4.32. The molecule has 1 amide bonds. The summed E-state index contributed by atoms with van der Waals surface area (Å²) in [6, 6.07) is -0.0546. The molecule has 0 spiro atoms. The predicted molar refractivity (Wildman–Crippen MR) is 89.8 cm³/mol. The van der Waals surface area contributed by atoms with Crippen LogP contribution in [-0.4, -0.2) is 42.8 Å². The van der Waals surface area contributed by atoms with E-state index in [9.17, 15) is 22.4 Å². The summed E-state index contributed by atoms with van der Waals surface area (Å²) in [5.41, 5.74) is 0.313. The Bertz CT molecular complexity index is 692. The van der Waals surface area contributed by atoms with Gasteiger partial charge in [0.25, 0.3) is 0 Å². The fourth-order valence-electron chi connectivity index (χ4n) is 3.37. The lowest BCUT2D eigenvalue weighted by molar-refractivity contribution is -0.197. The van der Waals surface area contributed by atoms with Crippen molar-refractivity contribution in [3.05, 3.63) is 17.4 Å². The largest absolute Gasteiger partial charge is 0.481 e. The number of rotatable bonds is 6. The number of nitrogens with zero attached hydrogens (tertiary/aromatic N) is 1. The molecule has 27 heavy (non-hydrogen) atoms. The van der Waals surface area contributed by atoms with Crippen LogP contribution in [0, 0.1) is 11.7 Å². The van der Waals surface area contributed by atoms with Gasteiger partial charge in [-0.1, -0.05) is 0 Å². The number of carbonyl (C=O) groups is 1. The lowest BCUT2D eigenvalue weighted by Crippen LogP contribution is -2.47. The molecule has 1 aliphatic carbocycles. The molecule has 1 aliphatic heterocycles. The molecule has 0 bridgehead atoms. The van der Waals surface area contributed by atoms with E-state index < -0.39 is 24.0 Å². The molecule has 1 saturated heterocycles. The molecule has 1 aromatic heterocycles. The van der Waals surface area contributed by atoms with Crippen molar-refractivity contribution in [1.29, 1.82) is 0 Å². The second kappa shape index (κ2) is 7.87. The maximum Gasteiger partial charge on any atom is 0.393 e. The number of hydrogen-bond donors (Lipinski definition) is 3. The van der Waals surface area contributed by atoms with Crippen LogP contribution >= 0.6 is 0 Å². The van der Waals surface area contributed by atoms with Gasteiger partial charge in [-0.15, -0.1) is 0 Å². The number of carbonyl (C=O) groups excluding carboxylic acids is 1. The average molecular weight is 390 g/mol. The van der Waals surface area contributed by atoms with E-state index in [1.807, 2.05) is 0 Å². The summed E-state index contributed by atoms with van der Waals surface area (Å²) in [4.78, 5) is 16.0. The van der Waals surface area contributed by atoms with Gasteiger partial charge in [0.05, 0.1) is 19.1 Å². The summed E-state index contributed by atoms with van der Waals surface area (Å²) in [5.74, 6) is -2.71. The van der Waals surface area contributed by atoms with Crippen LogP contribution in [0.5, 0.6) is 5.88 Å². The highest BCUT2D eigenvalue weighted by Gasteiger charge is 2.50. The molecule has 0 radical (unpaired) electrons. The highest BCUT2D eigenvalue weighted by molar-refractivity contribution is 5.82. The number of nitrogens with one attached hydrogen (secondary N) is 3. The fraction of sp³-hybridized carbons (Fsp3) is 0.647. The molecule has 1 unspecified atom stereocenters. The lowest BCUT2D eigenvalue weighted by atomic mass is 9.79. The Morgan fingerprint density at radius 3 is 2.70 bits per heavy atom. The van der Waals surface area contributed by atoms with Crippen molar-refractivity contribution in [1.82, 2.24) is 15.6 Å². The minimum Gasteiger partial charge on any atom is -0.481 e. The number of methoxy groups -OCH3 is 1. The Morgan fingerprint density at radius 2 is 2.15 bits per heavy atom. The van der Waals surface area contributed by atoms with Crippen molar-refractivity contribution in [3.63, 3.8) is 0 Å². The predicted octanol–water partition coefficient (Wildman–Crippen LogP) is 2.35. The number of ether oxygens (including phenoxy) is 1. The highest BCUT2D eigenvalue weighted by Crippen LogP contribution is 2.42. The van der Waals surface area contributed by atoms with Gasteiger partial charge in [-0.3, -0.25) is 4.79 Å². The van der Waals surface area contributed by atoms with Crippen LogP contribution in [0.1, 0.15) is 31.2 Å². The molecule has 2 aliphatic rings. The molecule has 2 heterocycles. The Labute approximate surface area is 154 Å². The first kappa shape index (κ1) is 19.7. The number of hydrogen-bond acceptors (Lipinski definition) is 5. The average Bonchev–Trinajstić information content (AvgIpc) is 3.10. The first-order valence-electron chi connectivity index (χ1n) is 8.87. The molecular formula is C17H22F4N4O2. The maximum absolute atomic E-state index is 14.3. The van der Waals surface area contributed by atoms with E-state index in [2.05, 4.69) is 20.9 Å². The molecule has 6 nitrogen and oxygen atoms in total. The highest BCUT2D eigenvalue weighted by atomic mass is 19.4. The molecule has 10 heteroatoms. The van der Waals surface area contributed by atoms with Crippen molar-refractivity contribution in [3.8, 4) is 5.88 Å². The van der Waals surface area contributed by atoms with E-state index in [1.165, 1.54) is 7.11 Å². The van der Waals surface area contributed by atoms with Gasteiger partial charge in [-0.2, -0.15) is 18.2 Å². The maximum atomic E-state index is 14.3. The van der Waals surface area contributed by atoms with Crippen LogP contribution in [-0.2, 0) is 11.3 Å². The van der Waals surface area contributed by atoms with Crippen LogP contribution in [0.4, 0.5) is 23.4 Å². The standard InChI is InChI=1S/C17H22F4N4O2/c1-27-16-9(8-23-15(26)13-3-2-6-22-13)7-11(18)14(25-16)24-12-5-4-10(12)17(19,20)21/h7,10,12-13,22H,2-6,8H2,1H3,(H,23,26)(H,24,25)/t10?,12-,13-/m0/s1. The van der Waals surface area contributed by atoms with Crippen molar-refractivity contribution in [2.75, 3.05) is 19.0 Å². The van der Waals surface area contributed by atoms with Crippen molar-refractivity contribution < 1.29 is 27.1 Å². The number of pyridine rings is 1. The molecule has 2 fully saturated rings. The third-order valence-corrected chi connectivity index (χ3v) is 5.06. The first-order valence-corrected chi connectivity index (χ1v) is 8.87. The van der Waals surface area contributed by atoms with Crippen molar-refractivity contribution in [2.24, 2.45) is 5.92 Å². The number of anilines is 1. The van der Waals surface area contributed by atoms with Gasteiger partial charge in [0.1, 0.15) is 0 Å². The van der Waals surface area contributed by atoms with E-state index >= 15 is 0 Å². The van der Waals surface area contributed by atoms with Crippen molar-refractivity contribution in [2.45, 2.75) is 50.5 Å². The molecule has 3 atom stereocenters. The third-order valence-electron chi connectivity index (χ3n) is 5.06. The number of halogens is 4. The zero-order valence-corrected chi connectivity index (χ0v) is 14.8. The summed E-state index contributed by atoms with van der Waals surface area (Å²) in [5, 5.41) is 8.28. The van der Waals surface area contributed by atoms with Gasteiger partial charge in [0.15, 0.2) is 11.6 Å². The van der Waals surface area contributed by atoms with Crippen LogP contribution in [0.15, 0.2) is 6.07 Å². The second-order valence-corrected chi connectivity index (χ2v) is 6.83. The summed E-state index contributed by atoms with van der Waals surface area (Å²) >= 11 is 0. The fourth-order valence-corrected chi connectivity index (χ4v) is 3.37. The molecular weight excluding hydrogens is 368 g/mol. The second-order valence-electron chi connectivity index (χ2n) is 6.83. The Kier molecular flexibility index (Phi) is 5.73. The molecule has 3 rings (SSSR count). The molecule has 3 N–H and O–H groups in total. The molecule has 150 valence electrons. The van der Waals surface area contributed by atoms with Crippen LogP contribution in [0.3, 0.4) is 0 Å². The SMILES string of the molecule is COc1nc(N[C@H]2CCC2C(F)(F)F)c(F)cc1CNC(=O)[C@@H]1CCCN1. The van der Waals surface area contributed by atoms with E-state index in [0.717, 1.165) is 25.5 Å². The number of aromatic nitrogens is 1. The summed E-state index contributed by atoms with van der Waals surface area (Å²) in [6.07, 6.45) is -2.37. The third kappa shape index (κ3) is 4.42. The van der Waals surface area contributed by atoms with Gasteiger partial charge in [-0.05, 0) is 38.3 Å². The van der Waals surface area contributed by atoms with Gasteiger partial charge in [0.2, 0.25) is 11.8 Å².